The van der Waals surface area contributed by atoms with Crippen molar-refractivity contribution in [1.29, 1.82) is 0 Å². The van der Waals surface area contributed by atoms with Crippen LogP contribution in [0.1, 0.15) is 0 Å². The molecule has 1 fully saturated rings. The van der Waals surface area contributed by atoms with Gasteiger partial charge in [0.15, 0.2) is 6.23 Å². The molecule has 4 atom stereocenters. The SMILES string of the molecule is OC[C@@H]1OC(Nc2ncco2)[C@H](O)[C@H]1O. The lowest BCUT2D eigenvalue weighted by molar-refractivity contribution is -0.0157. The zero-order valence-corrected chi connectivity index (χ0v) is 7.78. The number of aliphatic hydroxyl groups is 3. The molecule has 7 heteroatoms. The van der Waals surface area contributed by atoms with Crippen LogP contribution in [0.4, 0.5) is 6.01 Å². The Labute approximate surface area is 85.3 Å². The monoisotopic (exact) mass is 216 g/mol. The lowest BCUT2D eigenvalue weighted by atomic mass is 10.1. The Balaban J connectivity index is 1.99. The second-order valence-corrected chi connectivity index (χ2v) is 3.24. The molecule has 0 spiro atoms. The zero-order valence-electron chi connectivity index (χ0n) is 7.78. The van der Waals surface area contributed by atoms with Crippen molar-refractivity contribution in [2.45, 2.75) is 24.5 Å². The van der Waals surface area contributed by atoms with Gasteiger partial charge in [-0.3, -0.25) is 0 Å². The fourth-order valence-corrected chi connectivity index (χ4v) is 1.44. The molecule has 1 aliphatic rings. The molecule has 0 amide bonds. The van der Waals surface area contributed by atoms with Crippen LogP contribution in [-0.4, -0.2) is 51.5 Å². The van der Waals surface area contributed by atoms with Crippen molar-refractivity contribution in [3.8, 4) is 0 Å². The predicted molar refractivity (Wildman–Crippen MR) is 47.9 cm³/mol. The molecule has 4 N–H and O–H groups in total. The van der Waals surface area contributed by atoms with Crippen molar-refractivity contribution in [2.75, 3.05) is 11.9 Å². The number of hydrogen-bond acceptors (Lipinski definition) is 7. The van der Waals surface area contributed by atoms with E-state index in [9.17, 15) is 10.2 Å². The van der Waals surface area contributed by atoms with E-state index in [1.807, 2.05) is 0 Å². The minimum absolute atomic E-state index is 0.185. The van der Waals surface area contributed by atoms with Gasteiger partial charge in [0.1, 0.15) is 24.6 Å². The molecule has 0 aliphatic carbocycles. The summed E-state index contributed by atoms with van der Waals surface area (Å²) in [6.45, 7) is -0.359. The largest absolute Gasteiger partial charge is 0.432 e. The van der Waals surface area contributed by atoms with Crippen molar-refractivity contribution < 1.29 is 24.5 Å². The highest BCUT2D eigenvalue weighted by molar-refractivity contribution is 5.20. The van der Waals surface area contributed by atoms with Crippen LogP contribution >= 0.6 is 0 Å². The highest BCUT2D eigenvalue weighted by Crippen LogP contribution is 2.22. The van der Waals surface area contributed by atoms with Gasteiger partial charge in [-0.05, 0) is 0 Å². The first-order valence-electron chi connectivity index (χ1n) is 4.51. The number of hydrogen-bond donors (Lipinski definition) is 4. The van der Waals surface area contributed by atoms with Crippen LogP contribution in [-0.2, 0) is 4.74 Å². The van der Waals surface area contributed by atoms with Gasteiger partial charge in [0.2, 0.25) is 0 Å². The summed E-state index contributed by atoms with van der Waals surface area (Å²) in [4.78, 5) is 3.78. The molecule has 0 bridgehead atoms. The highest BCUT2D eigenvalue weighted by Gasteiger charge is 2.42. The van der Waals surface area contributed by atoms with Crippen LogP contribution in [0, 0.1) is 0 Å². The summed E-state index contributed by atoms with van der Waals surface area (Å²) in [5.41, 5.74) is 0. The van der Waals surface area contributed by atoms with Crippen LogP contribution < -0.4 is 5.32 Å². The number of nitrogens with one attached hydrogen (secondary N) is 1. The molecule has 1 aromatic heterocycles. The summed E-state index contributed by atoms with van der Waals surface area (Å²) in [5.74, 6) is 0. The van der Waals surface area contributed by atoms with E-state index in [-0.39, 0.29) is 12.6 Å². The summed E-state index contributed by atoms with van der Waals surface area (Å²) in [6, 6.07) is 0.185. The molecular formula is C8H12N2O5. The molecule has 0 radical (unpaired) electrons. The third-order valence-corrected chi connectivity index (χ3v) is 2.24. The average molecular weight is 216 g/mol. The fourth-order valence-electron chi connectivity index (χ4n) is 1.44. The smallest absolute Gasteiger partial charge is 0.296 e. The maximum Gasteiger partial charge on any atom is 0.296 e. The van der Waals surface area contributed by atoms with Crippen LogP contribution in [0.15, 0.2) is 16.9 Å². The second-order valence-electron chi connectivity index (χ2n) is 3.24. The molecule has 84 valence electrons. The van der Waals surface area contributed by atoms with Gasteiger partial charge in [-0.1, -0.05) is 0 Å². The molecule has 0 aromatic carbocycles. The lowest BCUT2D eigenvalue weighted by Crippen LogP contribution is -2.36. The maximum atomic E-state index is 9.54. The molecule has 2 heterocycles. The molecule has 0 saturated carbocycles. The van der Waals surface area contributed by atoms with Gasteiger partial charge in [0, 0.05) is 0 Å². The summed E-state index contributed by atoms with van der Waals surface area (Å²) in [5, 5.41) is 30.4. The van der Waals surface area contributed by atoms with E-state index in [4.69, 9.17) is 14.3 Å². The Bertz CT molecular complexity index is 304. The first-order chi connectivity index (χ1) is 7.22. The number of aliphatic hydroxyl groups excluding tert-OH is 3. The van der Waals surface area contributed by atoms with E-state index in [0.717, 1.165) is 0 Å². The molecule has 1 aromatic rings. The first kappa shape index (κ1) is 10.4. The summed E-state index contributed by atoms with van der Waals surface area (Å²) >= 11 is 0. The van der Waals surface area contributed by atoms with Gasteiger partial charge >= 0.3 is 0 Å². The van der Waals surface area contributed by atoms with E-state index < -0.39 is 24.5 Å². The number of nitrogens with zero attached hydrogens (tertiary/aromatic N) is 1. The summed E-state index contributed by atoms with van der Waals surface area (Å²) < 4.78 is 10.0. The van der Waals surface area contributed by atoms with Crippen LogP contribution in [0.5, 0.6) is 0 Å². The third-order valence-electron chi connectivity index (χ3n) is 2.24. The molecule has 1 aliphatic heterocycles. The minimum Gasteiger partial charge on any atom is -0.432 e. The number of aromatic nitrogens is 1. The van der Waals surface area contributed by atoms with Gasteiger partial charge < -0.3 is 29.8 Å². The molecule has 1 saturated heterocycles. The van der Waals surface area contributed by atoms with Crippen LogP contribution in [0.25, 0.3) is 0 Å². The van der Waals surface area contributed by atoms with E-state index in [1.165, 1.54) is 12.5 Å². The number of anilines is 1. The Kier molecular flexibility index (Phi) is 2.87. The zero-order chi connectivity index (χ0) is 10.8. The average Bonchev–Trinajstić information content (AvgIpc) is 2.82. The number of ether oxygens (including phenoxy) is 1. The topological polar surface area (TPSA) is 108 Å². The van der Waals surface area contributed by atoms with E-state index in [1.54, 1.807) is 0 Å². The van der Waals surface area contributed by atoms with Crippen molar-refractivity contribution in [3.05, 3.63) is 12.5 Å². The molecule has 15 heavy (non-hydrogen) atoms. The fraction of sp³-hybridized carbons (Fsp3) is 0.625. The third kappa shape index (κ3) is 1.95. The molecule has 7 nitrogen and oxygen atoms in total. The quantitative estimate of drug-likeness (QED) is 0.488. The van der Waals surface area contributed by atoms with Gasteiger partial charge in [0.25, 0.3) is 6.01 Å². The van der Waals surface area contributed by atoms with Gasteiger partial charge in [0.05, 0.1) is 12.8 Å². The van der Waals surface area contributed by atoms with Crippen molar-refractivity contribution in [1.82, 2.24) is 4.98 Å². The van der Waals surface area contributed by atoms with E-state index in [0.29, 0.717) is 0 Å². The minimum atomic E-state index is -1.13. The Hall–Kier alpha value is -1.15. The second kappa shape index (κ2) is 4.15. The van der Waals surface area contributed by atoms with Gasteiger partial charge in [-0.25, -0.2) is 4.98 Å². The molecule has 2 rings (SSSR count). The van der Waals surface area contributed by atoms with Gasteiger partial charge in [-0.15, -0.1) is 0 Å². The highest BCUT2D eigenvalue weighted by atomic mass is 16.6. The molecular weight excluding hydrogens is 204 g/mol. The Morgan fingerprint density at radius 3 is 2.73 bits per heavy atom. The van der Waals surface area contributed by atoms with E-state index >= 15 is 0 Å². The maximum absolute atomic E-state index is 9.54. The summed E-state index contributed by atoms with van der Waals surface area (Å²) in [6.07, 6.45) is -1.09. The van der Waals surface area contributed by atoms with Crippen LogP contribution in [0.2, 0.25) is 0 Å². The summed E-state index contributed by atoms with van der Waals surface area (Å²) in [7, 11) is 0. The van der Waals surface area contributed by atoms with Crippen molar-refractivity contribution >= 4 is 6.01 Å². The number of rotatable bonds is 3. The first-order valence-corrected chi connectivity index (χ1v) is 4.51. The lowest BCUT2D eigenvalue weighted by Gasteiger charge is -2.14. The normalized spacial score (nSPS) is 35.7. The predicted octanol–water partition coefficient (Wildman–Crippen LogP) is -1.47. The standard InChI is InChI=1S/C8H12N2O5/c11-3-4-5(12)6(13)7(15-4)10-8-9-1-2-14-8/h1-2,4-7,11-13H,3H2,(H,9,10)/t4-,5-,6+,7?/m0/s1. The number of oxazole rings is 1. The molecule has 1 unspecified atom stereocenters. The van der Waals surface area contributed by atoms with Crippen molar-refractivity contribution in [2.24, 2.45) is 0 Å². The van der Waals surface area contributed by atoms with Gasteiger partial charge in [-0.2, -0.15) is 0 Å². The van der Waals surface area contributed by atoms with Crippen LogP contribution in [0.3, 0.4) is 0 Å². The Morgan fingerprint density at radius 1 is 1.40 bits per heavy atom. The Morgan fingerprint density at radius 2 is 2.20 bits per heavy atom. The van der Waals surface area contributed by atoms with E-state index in [2.05, 4.69) is 10.3 Å². The van der Waals surface area contributed by atoms with Crippen molar-refractivity contribution in [3.63, 3.8) is 0 Å².